The van der Waals surface area contributed by atoms with Gasteiger partial charge in [0.1, 0.15) is 11.4 Å². The van der Waals surface area contributed by atoms with E-state index >= 15 is 0 Å². The van der Waals surface area contributed by atoms with Crippen molar-refractivity contribution in [2.45, 2.75) is 13.1 Å². The first-order valence-electron chi connectivity index (χ1n) is 9.00. The van der Waals surface area contributed by atoms with Gasteiger partial charge in [0.2, 0.25) is 0 Å². The zero-order valence-corrected chi connectivity index (χ0v) is 15.7. The van der Waals surface area contributed by atoms with Crippen molar-refractivity contribution < 1.29 is 23.1 Å². The van der Waals surface area contributed by atoms with Crippen molar-refractivity contribution in [1.29, 1.82) is 0 Å². The van der Waals surface area contributed by atoms with Crippen LogP contribution in [0.15, 0.2) is 60.7 Å². The van der Waals surface area contributed by atoms with Gasteiger partial charge in [-0.3, -0.25) is 4.79 Å². The predicted molar refractivity (Wildman–Crippen MR) is 107 cm³/mol. The number of hydrogen-bond donors (Lipinski definition) is 3. The van der Waals surface area contributed by atoms with Crippen molar-refractivity contribution in [3.8, 4) is 17.0 Å². The highest BCUT2D eigenvalue weighted by Crippen LogP contribution is 2.33. The summed E-state index contributed by atoms with van der Waals surface area (Å²) in [5, 5.41) is 13.9. The second kappa shape index (κ2) is 7.22. The molecule has 0 unspecified atom stereocenters. The lowest BCUT2D eigenvalue weighted by atomic mass is 10.1. The molecule has 4 rings (SSSR count). The average Bonchev–Trinajstić information content (AvgIpc) is 3.12. The smallest absolute Gasteiger partial charge is 0.433 e. The highest BCUT2D eigenvalue weighted by Gasteiger charge is 2.33. The molecular formula is C22H16F3N3O2. The average molecular weight is 411 g/mol. The lowest BCUT2D eigenvalue weighted by molar-refractivity contribution is -0.141. The minimum Gasteiger partial charge on any atom is -0.507 e. The highest BCUT2D eigenvalue weighted by molar-refractivity contribution is 6.05. The molecule has 3 N–H and O–H groups in total. The van der Waals surface area contributed by atoms with Crippen LogP contribution in [0.25, 0.3) is 22.2 Å². The summed E-state index contributed by atoms with van der Waals surface area (Å²) in [6.45, 7) is 1.34. The number of benzene rings is 2. The molecule has 5 nitrogen and oxygen atoms in total. The number of aryl methyl sites for hydroxylation is 1. The molecule has 0 aliphatic rings. The number of nitrogens with zero attached hydrogens (tertiary/aromatic N) is 1. The Labute approximate surface area is 169 Å². The van der Waals surface area contributed by atoms with Gasteiger partial charge in [0.15, 0.2) is 0 Å². The van der Waals surface area contributed by atoms with Gasteiger partial charge in [0, 0.05) is 22.2 Å². The normalized spacial score (nSPS) is 11.6. The maximum atomic E-state index is 12.8. The molecule has 2 aromatic heterocycles. The lowest BCUT2D eigenvalue weighted by Gasteiger charge is -2.11. The van der Waals surface area contributed by atoms with Crippen molar-refractivity contribution in [3.05, 3.63) is 77.6 Å². The van der Waals surface area contributed by atoms with E-state index < -0.39 is 17.8 Å². The maximum Gasteiger partial charge on any atom is 0.433 e. The Hall–Kier alpha value is -3.81. The molecular weight excluding hydrogens is 395 g/mol. The van der Waals surface area contributed by atoms with Crippen LogP contribution in [0.5, 0.6) is 5.75 Å². The third kappa shape index (κ3) is 3.71. The fourth-order valence-electron chi connectivity index (χ4n) is 3.21. The number of halogens is 3. The van der Waals surface area contributed by atoms with Crippen LogP contribution in [0.2, 0.25) is 0 Å². The number of aromatic nitrogens is 2. The first kappa shape index (κ1) is 19.5. The number of pyridine rings is 1. The van der Waals surface area contributed by atoms with Gasteiger partial charge in [-0.25, -0.2) is 4.98 Å². The fraction of sp³-hybridized carbons (Fsp3) is 0.0909. The molecule has 0 fully saturated rings. The number of carbonyl (C=O) groups excluding carboxylic acids is 1. The monoisotopic (exact) mass is 411 g/mol. The lowest BCUT2D eigenvalue weighted by Crippen LogP contribution is -2.16. The quantitative estimate of drug-likeness (QED) is 0.389. The van der Waals surface area contributed by atoms with Crippen molar-refractivity contribution in [1.82, 2.24) is 9.97 Å². The number of nitrogens with one attached hydrogen (secondary N) is 2. The molecule has 0 spiro atoms. The Kier molecular flexibility index (Phi) is 4.69. The summed E-state index contributed by atoms with van der Waals surface area (Å²) in [5.41, 5.74) is 1.37. The minimum atomic E-state index is -4.58. The molecule has 4 aromatic rings. The van der Waals surface area contributed by atoms with Crippen LogP contribution in [-0.4, -0.2) is 21.0 Å². The topological polar surface area (TPSA) is 78.0 Å². The van der Waals surface area contributed by atoms with E-state index in [1.807, 2.05) is 30.3 Å². The molecule has 0 aliphatic heterocycles. The van der Waals surface area contributed by atoms with Gasteiger partial charge in [-0.15, -0.1) is 0 Å². The number of aromatic amines is 1. The first-order chi connectivity index (χ1) is 14.2. The van der Waals surface area contributed by atoms with Crippen LogP contribution in [0.1, 0.15) is 21.7 Å². The number of para-hydroxylation sites is 1. The highest BCUT2D eigenvalue weighted by atomic mass is 19.4. The van der Waals surface area contributed by atoms with Gasteiger partial charge >= 0.3 is 6.18 Å². The van der Waals surface area contributed by atoms with E-state index in [2.05, 4.69) is 15.3 Å². The Morgan fingerprint density at radius 1 is 1.07 bits per heavy atom. The van der Waals surface area contributed by atoms with E-state index in [0.717, 1.165) is 23.0 Å². The Morgan fingerprint density at radius 3 is 2.53 bits per heavy atom. The summed E-state index contributed by atoms with van der Waals surface area (Å²) in [5.74, 6) is -0.575. The largest absolute Gasteiger partial charge is 0.507 e. The second-order valence-electron chi connectivity index (χ2n) is 6.78. The van der Waals surface area contributed by atoms with E-state index in [0.29, 0.717) is 16.9 Å². The molecule has 0 bridgehead atoms. The molecule has 2 aromatic carbocycles. The van der Waals surface area contributed by atoms with Crippen molar-refractivity contribution in [2.75, 3.05) is 5.32 Å². The van der Waals surface area contributed by atoms with Gasteiger partial charge in [0.25, 0.3) is 5.91 Å². The van der Waals surface area contributed by atoms with Crippen molar-refractivity contribution in [3.63, 3.8) is 0 Å². The van der Waals surface area contributed by atoms with Crippen molar-refractivity contribution >= 4 is 22.5 Å². The molecule has 0 atom stereocenters. The number of hydrogen-bond acceptors (Lipinski definition) is 3. The number of anilines is 1. The van der Waals surface area contributed by atoms with E-state index in [9.17, 15) is 23.1 Å². The summed E-state index contributed by atoms with van der Waals surface area (Å²) in [6.07, 6.45) is -4.58. The third-order valence-electron chi connectivity index (χ3n) is 4.70. The van der Waals surface area contributed by atoms with Gasteiger partial charge in [-0.2, -0.15) is 13.2 Å². The molecule has 0 radical (unpaired) electrons. The summed E-state index contributed by atoms with van der Waals surface area (Å²) in [6, 6.07) is 15.9. The van der Waals surface area contributed by atoms with Gasteiger partial charge in [0.05, 0.1) is 17.0 Å². The Balaban J connectivity index is 1.63. The third-order valence-corrected chi connectivity index (χ3v) is 4.70. The number of H-pyrrole nitrogens is 1. The molecule has 0 aliphatic carbocycles. The number of phenols is 1. The molecule has 1 amide bonds. The van der Waals surface area contributed by atoms with Gasteiger partial charge < -0.3 is 15.4 Å². The number of aromatic hydroxyl groups is 1. The molecule has 30 heavy (non-hydrogen) atoms. The van der Waals surface area contributed by atoms with Crippen LogP contribution < -0.4 is 5.32 Å². The number of phenolic OH excluding ortho intramolecular Hbond substituents is 1. The number of alkyl halides is 3. The SMILES string of the molecule is Cc1nc(C(F)(F)F)ccc1C(=O)Nc1ccc(O)c(-c2cc3ccccc3[nH]2)c1. The fourth-order valence-corrected chi connectivity index (χ4v) is 3.21. The van der Waals surface area contributed by atoms with Gasteiger partial charge in [-0.1, -0.05) is 18.2 Å². The summed E-state index contributed by atoms with van der Waals surface area (Å²) in [4.78, 5) is 19.3. The molecule has 8 heteroatoms. The Bertz CT molecular complexity index is 1230. The molecule has 0 saturated carbocycles. The molecule has 2 heterocycles. The van der Waals surface area contributed by atoms with E-state index in [1.165, 1.54) is 19.1 Å². The zero-order valence-electron chi connectivity index (χ0n) is 15.7. The van der Waals surface area contributed by atoms with Gasteiger partial charge in [-0.05, 0) is 49.4 Å². The van der Waals surface area contributed by atoms with E-state index in [4.69, 9.17) is 0 Å². The molecule has 152 valence electrons. The number of fused-ring (bicyclic) bond motifs is 1. The summed E-state index contributed by atoms with van der Waals surface area (Å²) >= 11 is 0. The van der Waals surface area contributed by atoms with Crippen LogP contribution in [0.4, 0.5) is 18.9 Å². The minimum absolute atomic E-state index is 0.0203. The number of carbonyl (C=O) groups is 1. The first-order valence-corrected chi connectivity index (χ1v) is 9.00. The van der Waals surface area contributed by atoms with Crippen LogP contribution in [0, 0.1) is 6.92 Å². The predicted octanol–water partition coefficient (Wildman–Crippen LogP) is 5.52. The van der Waals surface area contributed by atoms with E-state index in [-0.39, 0.29) is 17.0 Å². The zero-order chi connectivity index (χ0) is 21.5. The maximum absolute atomic E-state index is 12.8. The summed E-state index contributed by atoms with van der Waals surface area (Å²) < 4.78 is 38.3. The Morgan fingerprint density at radius 2 is 1.83 bits per heavy atom. The van der Waals surface area contributed by atoms with Crippen LogP contribution in [-0.2, 0) is 6.18 Å². The number of rotatable bonds is 3. The summed E-state index contributed by atoms with van der Waals surface area (Å²) in [7, 11) is 0. The van der Waals surface area contributed by atoms with Crippen molar-refractivity contribution in [2.24, 2.45) is 0 Å². The standard InChI is InChI=1S/C22H16F3N3O2/c1-12-15(7-9-20(26-12)22(23,24)25)21(30)27-14-6-8-19(29)16(11-14)18-10-13-4-2-3-5-17(13)28-18/h2-11,28-29H,1H3,(H,27,30). The van der Waals surface area contributed by atoms with Crippen LogP contribution in [0.3, 0.4) is 0 Å². The second-order valence-corrected chi connectivity index (χ2v) is 6.78. The molecule has 0 saturated heterocycles. The van der Waals surface area contributed by atoms with Crippen LogP contribution >= 0.6 is 0 Å². The van der Waals surface area contributed by atoms with E-state index in [1.54, 1.807) is 6.07 Å². The number of amides is 1.